The molecule has 3 aromatic rings. The zero-order valence-corrected chi connectivity index (χ0v) is 14.0. The molecule has 3 rings (SSSR count). The van der Waals surface area contributed by atoms with Crippen molar-refractivity contribution in [2.45, 2.75) is 5.60 Å². The van der Waals surface area contributed by atoms with Crippen LogP contribution in [0.5, 0.6) is 0 Å². The molecule has 3 aromatic carbocycles. The molecule has 0 unspecified atom stereocenters. The number of nitrogens with zero attached hydrogens (tertiary/aromatic N) is 1. The highest BCUT2D eigenvalue weighted by Gasteiger charge is 2.24. The Labute approximate surface area is 153 Å². The van der Waals surface area contributed by atoms with E-state index < -0.39 is 5.60 Å². The number of nitriles is 1. The van der Waals surface area contributed by atoms with Crippen molar-refractivity contribution in [3.05, 3.63) is 107 Å². The maximum atomic E-state index is 11.1. The number of rotatable bonds is 1. The molecule has 26 heavy (non-hydrogen) atoms. The fourth-order valence-electron chi connectivity index (χ4n) is 2.33. The topological polar surface area (TPSA) is 44.0 Å². The summed E-state index contributed by atoms with van der Waals surface area (Å²) < 4.78 is 0. The van der Waals surface area contributed by atoms with E-state index in [4.69, 9.17) is 5.26 Å². The fraction of sp³-hybridized carbons (Fsp3) is 0.0417. The Kier molecular flexibility index (Phi) is 5.16. The molecule has 0 aromatic heterocycles. The van der Waals surface area contributed by atoms with Gasteiger partial charge >= 0.3 is 0 Å². The molecule has 0 saturated carbocycles. The molecule has 0 aliphatic heterocycles. The standard InChI is InChI=1S/C24H15NO/c25-19-22-11-13-23(14-12-22)24(26,17-15-20-7-3-1-4-8-20)18-16-21-9-5-2-6-10-21/h1-14,26H. The van der Waals surface area contributed by atoms with Gasteiger partial charge in [0.15, 0.2) is 0 Å². The minimum atomic E-state index is -1.64. The molecule has 122 valence electrons. The largest absolute Gasteiger partial charge is 0.363 e. The molecule has 0 heterocycles. The van der Waals surface area contributed by atoms with E-state index in [1.165, 1.54) is 0 Å². The molecule has 2 heteroatoms. The molecule has 0 radical (unpaired) electrons. The van der Waals surface area contributed by atoms with Gasteiger partial charge in [-0.3, -0.25) is 0 Å². The summed E-state index contributed by atoms with van der Waals surface area (Å²) in [6.07, 6.45) is 0. The van der Waals surface area contributed by atoms with Gasteiger partial charge in [-0.1, -0.05) is 60.4 Å². The zero-order valence-electron chi connectivity index (χ0n) is 14.0. The van der Waals surface area contributed by atoms with Crippen LogP contribution in [0.1, 0.15) is 22.3 Å². The lowest BCUT2D eigenvalue weighted by molar-refractivity contribution is 0.164. The highest BCUT2D eigenvalue weighted by Crippen LogP contribution is 2.21. The van der Waals surface area contributed by atoms with Crippen LogP contribution in [0.4, 0.5) is 0 Å². The number of hydrogen-bond donors (Lipinski definition) is 1. The molecular weight excluding hydrogens is 318 g/mol. The van der Waals surface area contributed by atoms with Crippen LogP contribution in [0.25, 0.3) is 0 Å². The van der Waals surface area contributed by atoms with E-state index in [1.54, 1.807) is 24.3 Å². The van der Waals surface area contributed by atoms with Gasteiger partial charge in [-0.2, -0.15) is 5.26 Å². The Morgan fingerprint density at radius 2 is 1.08 bits per heavy atom. The molecule has 0 atom stereocenters. The van der Waals surface area contributed by atoms with Crippen LogP contribution >= 0.6 is 0 Å². The number of aliphatic hydroxyl groups is 1. The third-order valence-corrected chi connectivity index (χ3v) is 3.75. The van der Waals surface area contributed by atoms with Gasteiger partial charge < -0.3 is 5.11 Å². The summed E-state index contributed by atoms with van der Waals surface area (Å²) in [5, 5.41) is 20.1. The monoisotopic (exact) mass is 333 g/mol. The third-order valence-electron chi connectivity index (χ3n) is 3.75. The van der Waals surface area contributed by atoms with E-state index >= 15 is 0 Å². The predicted molar refractivity (Wildman–Crippen MR) is 102 cm³/mol. The Bertz CT molecular complexity index is 981. The van der Waals surface area contributed by atoms with E-state index in [9.17, 15) is 5.11 Å². The average Bonchev–Trinajstić information content (AvgIpc) is 2.72. The van der Waals surface area contributed by atoms with Crippen molar-refractivity contribution >= 4 is 0 Å². The second-order valence-corrected chi connectivity index (χ2v) is 5.63. The van der Waals surface area contributed by atoms with Gasteiger partial charge in [0.25, 0.3) is 0 Å². The van der Waals surface area contributed by atoms with Gasteiger partial charge in [-0.05, 0) is 48.2 Å². The lowest BCUT2D eigenvalue weighted by Crippen LogP contribution is -2.21. The van der Waals surface area contributed by atoms with E-state index in [0.29, 0.717) is 11.1 Å². The first-order chi connectivity index (χ1) is 12.7. The maximum absolute atomic E-state index is 11.1. The van der Waals surface area contributed by atoms with Crippen molar-refractivity contribution in [3.8, 4) is 29.8 Å². The summed E-state index contributed by atoms with van der Waals surface area (Å²) in [5.74, 6) is 11.7. The van der Waals surface area contributed by atoms with Crippen LogP contribution in [0.3, 0.4) is 0 Å². The summed E-state index contributed by atoms with van der Waals surface area (Å²) >= 11 is 0. The van der Waals surface area contributed by atoms with E-state index in [2.05, 4.69) is 29.8 Å². The first-order valence-corrected chi connectivity index (χ1v) is 8.09. The minimum absolute atomic E-state index is 0.517. The van der Waals surface area contributed by atoms with Crippen LogP contribution in [-0.4, -0.2) is 5.11 Å². The van der Waals surface area contributed by atoms with Crippen molar-refractivity contribution in [1.29, 1.82) is 5.26 Å². The van der Waals surface area contributed by atoms with E-state index in [0.717, 1.165) is 11.1 Å². The van der Waals surface area contributed by atoms with Gasteiger partial charge in [0, 0.05) is 16.7 Å². The number of hydrogen-bond acceptors (Lipinski definition) is 2. The first-order valence-electron chi connectivity index (χ1n) is 8.09. The normalized spacial score (nSPS) is 9.85. The first kappa shape index (κ1) is 17.1. The van der Waals surface area contributed by atoms with E-state index in [1.807, 2.05) is 60.7 Å². The fourth-order valence-corrected chi connectivity index (χ4v) is 2.33. The molecule has 0 amide bonds. The molecule has 0 spiro atoms. The summed E-state index contributed by atoms with van der Waals surface area (Å²) in [4.78, 5) is 0. The summed E-state index contributed by atoms with van der Waals surface area (Å²) in [7, 11) is 0. The predicted octanol–water partition coefficient (Wildman–Crippen LogP) is 3.85. The van der Waals surface area contributed by atoms with Crippen LogP contribution in [-0.2, 0) is 5.60 Å². The van der Waals surface area contributed by atoms with Crippen LogP contribution in [0, 0.1) is 35.0 Å². The van der Waals surface area contributed by atoms with Gasteiger partial charge in [-0.15, -0.1) is 0 Å². The molecule has 1 N–H and O–H groups in total. The molecule has 2 nitrogen and oxygen atoms in total. The second-order valence-electron chi connectivity index (χ2n) is 5.63. The van der Waals surface area contributed by atoms with Gasteiger partial charge in [0.1, 0.15) is 0 Å². The zero-order chi connectivity index (χ0) is 18.2. The molecule has 0 aliphatic rings. The van der Waals surface area contributed by atoms with Crippen molar-refractivity contribution < 1.29 is 5.11 Å². The summed E-state index contributed by atoms with van der Waals surface area (Å²) in [5.41, 5.74) is 0.994. The molecule has 0 aliphatic carbocycles. The highest BCUT2D eigenvalue weighted by molar-refractivity contribution is 5.49. The quantitative estimate of drug-likeness (QED) is 0.688. The van der Waals surface area contributed by atoms with Crippen molar-refractivity contribution in [3.63, 3.8) is 0 Å². The SMILES string of the molecule is N#Cc1ccc(C(O)(C#Cc2ccccc2)C#Cc2ccccc2)cc1. The van der Waals surface area contributed by atoms with Crippen LogP contribution in [0.15, 0.2) is 84.9 Å². The molecule has 0 bridgehead atoms. The minimum Gasteiger partial charge on any atom is -0.363 e. The van der Waals surface area contributed by atoms with Crippen molar-refractivity contribution in [1.82, 2.24) is 0 Å². The Morgan fingerprint density at radius 3 is 1.50 bits per heavy atom. The average molecular weight is 333 g/mol. The second kappa shape index (κ2) is 7.87. The lowest BCUT2D eigenvalue weighted by atomic mass is 9.93. The molecule has 0 saturated heterocycles. The Balaban J connectivity index is 2.05. The van der Waals surface area contributed by atoms with Gasteiger partial charge in [0.05, 0.1) is 11.6 Å². The van der Waals surface area contributed by atoms with Crippen LogP contribution in [0.2, 0.25) is 0 Å². The lowest BCUT2D eigenvalue weighted by Gasteiger charge is -2.16. The van der Waals surface area contributed by atoms with Gasteiger partial charge in [0.2, 0.25) is 5.60 Å². The Hall–Kier alpha value is -3.77. The smallest absolute Gasteiger partial charge is 0.214 e. The van der Waals surface area contributed by atoms with E-state index in [-0.39, 0.29) is 0 Å². The van der Waals surface area contributed by atoms with Gasteiger partial charge in [-0.25, -0.2) is 0 Å². The third kappa shape index (κ3) is 4.19. The Morgan fingerprint density at radius 1 is 0.615 bits per heavy atom. The summed E-state index contributed by atoms with van der Waals surface area (Å²) in [6.45, 7) is 0. The number of benzene rings is 3. The summed E-state index contributed by atoms with van der Waals surface area (Å²) in [6, 6.07) is 27.6. The molecular formula is C24H15NO. The van der Waals surface area contributed by atoms with Crippen molar-refractivity contribution in [2.24, 2.45) is 0 Å². The van der Waals surface area contributed by atoms with Crippen LogP contribution < -0.4 is 0 Å². The highest BCUT2D eigenvalue weighted by atomic mass is 16.3. The maximum Gasteiger partial charge on any atom is 0.214 e. The van der Waals surface area contributed by atoms with Crippen molar-refractivity contribution in [2.75, 3.05) is 0 Å². The molecule has 0 fully saturated rings.